The number of hydrogen-bond donors (Lipinski definition) is 2. The Bertz CT molecular complexity index is 1380. The molecule has 0 aliphatic heterocycles. The monoisotopic (exact) mass is 506 g/mol. The molecule has 3 aromatic rings. The van der Waals surface area contributed by atoms with Crippen molar-refractivity contribution in [3.8, 4) is 28.4 Å². The normalized spacial score (nSPS) is 14.0. The van der Waals surface area contributed by atoms with Gasteiger partial charge in [0.25, 0.3) is 0 Å². The first-order valence-corrected chi connectivity index (χ1v) is 12.1. The molecule has 194 valence electrons. The Morgan fingerprint density at radius 3 is 2.46 bits per heavy atom. The summed E-state index contributed by atoms with van der Waals surface area (Å²) >= 11 is 0. The lowest BCUT2D eigenvalue weighted by atomic mass is 9.95. The van der Waals surface area contributed by atoms with Crippen molar-refractivity contribution in [3.63, 3.8) is 0 Å². The Hall–Kier alpha value is -4.07. The molecule has 0 radical (unpaired) electrons. The van der Waals surface area contributed by atoms with Crippen molar-refractivity contribution < 1.29 is 23.4 Å². The summed E-state index contributed by atoms with van der Waals surface area (Å²) in [6.07, 6.45) is 1.63. The molecular weight excluding hydrogens is 475 g/mol. The van der Waals surface area contributed by atoms with Crippen LogP contribution in [0.3, 0.4) is 0 Å². The number of nitrogens with one attached hydrogen (secondary N) is 2. The molecule has 37 heavy (non-hydrogen) atoms. The van der Waals surface area contributed by atoms with Gasteiger partial charge in [-0.05, 0) is 65.8 Å². The summed E-state index contributed by atoms with van der Waals surface area (Å²) in [5.74, 6) is 1.02. The van der Waals surface area contributed by atoms with Crippen LogP contribution >= 0.6 is 0 Å². The van der Waals surface area contributed by atoms with Crippen molar-refractivity contribution in [1.82, 2.24) is 5.32 Å². The largest absolute Gasteiger partial charge is 0.493 e. The number of methoxy groups -OCH3 is 3. The fourth-order valence-electron chi connectivity index (χ4n) is 4.89. The first-order chi connectivity index (χ1) is 17.9. The maximum atomic E-state index is 14.0. The lowest BCUT2D eigenvalue weighted by Gasteiger charge is -2.19. The van der Waals surface area contributed by atoms with Crippen LogP contribution < -0.4 is 30.3 Å². The smallest absolute Gasteiger partial charge is 0.217 e. The second-order valence-corrected chi connectivity index (χ2v) is 8.86. The third kappa shape index (κ3) is 5.38. The number of anilines is 1. The van der Waals surface area contributed by atoms with E-state index in [0.717, 1.165) is 16.7 Å². The van der Waals surface area contributed by atoms with E-state index in [4.69, 9.17) is 14.2 Å². The van der Waals surface area contributed by atoms with Gasteiger partial charge in [-0.25, -0.2) is 4.39 Å². The summed E-state index contributed by atoms with van der Waals surface area (Å²) in [5.41, 5.74) is 3.91. The number of benzene rings is 2. The number of ether oxygens (including phenoxy) is 3. The molecule has 4 rings (SSSR count). The van der Waals surface area contributed by atoms with E-state index in [9.17, 15) is 14.0 Å². The van der Waals surface area contributed by atoms with E-state index >= 15 is 0 Å². The fraction of sp³-hybridized carbons (Fsp3) is 0.310. The molecule has 3 aromatic carbocycles. The van der Waals surface area contributed by atoms with Crippen molar-refractivity contribution in [2.75, 3.05) is 33.2 Å². The van der Waals surface area contributed by atoms with E-state index in [1.54, 1.807) is 51.7 Å². The predicted molar refractivity (Wildman–Crippen MR) is 141 cm³/mol. The van der Waals surface area contributed by atoms with E-state index in [0.29, 0.717) is 59.9 Å². The molecule has 8 heteroatoms. The van der Waals surface area contributed by atoms with Crippen LogP contribution in [0.25, 0.3) is 11.1 Å². The minimum absolute atomic E-state index is 0.189. The minimum atomic E-state index is -0.382. The summed E-state index contributed by atoms with van der Waals surface area (Å²) in [4.78, 5) is 25.4. The Morgan fingerprint density at radius 2 is 1.78 bits per heavy atom. The molecular formula is C29H31FN2O5. The van der Waals surface area contributed by atoms with Crippen molar-refractivity contribution in [3.05, 3.63) is 81.3 Å². The number of fused-ring (bicyclic) bond motifs is 3. The molecule has 1 aliphatic rings. The predicted octanol–water partition coefficient (Wildman–Crippen LogP) is 4.66. The number of rotatable bonds is 8. The van der Waals surface area contributed by atoms with Crippen LogP contribution in [0.5, 0.6) is 17.2 Å². The molecule has 1 unspecified atom stereocenters. The molecule has 0 saturated carbocycles. The van der Waals surface area contributed by atoms with Crippen LogP contribution in [0.2, 0.25) is 0 Å². The minimum Gasteiger partial charge on any atom is -0.493 e. The molecule has 0 aromatic heterocycles. The summed E-state index contributed by atoms with van der Waals surface area (Å²) in [6, 6.07) is 13.3. The van der Waals surface area contributed by atoms with Gasteiger partial charge in [-0.15, -0.1) is 0 Å². The number of carbonyl (C=O) groups excluding carboxylic acids is 1. The van der Waals surface area contributed by atoms with Crippen LogP contribution in [-0.2, 0) is 17.6 Å². The highest BCUT2D eigenvalue weighted by Crippen LogP contribution is 2.50. The zero-order chi connectivity index (χ0) is 26.5. The quantitative estimate of drug-likeness (QED) is 0.462. The lowest BCUT2D eigenvalue weighted by molar-refractivity contribution is -0.119. The Morgan fingerprint density at radius 1 is 1.03 bits per heavy atom. The SMILES string of the molecule is COc1cc2c(c(OC)c1OC)-c1ccc(NCCc3ccccc3F)c(=O)cc1C(NC(C)=O)CC2. The summed E-state index contributed by atoms with van der Waals surface area (Å²) in [7, 11) is 4.67. The number of hydrogen-bond acceptors (Lipinski definition) is 6. The number of halogens is 1. The number of carbonyl (C=O) groups is 1. The second-order valence-electron chi connectivity index (χ2n) is 8.86. The highest BCUT2D eigenvalue weighted by Gasteiger charge is 2.29. The van der Waals surface area contributed by atoms with Gasteiger partial charge < -0.3 is 24.8 Å². The molecule has 0 fully saturated rings. The highest BCUT2D eigenvalue weighted by atomic mass is 19.1. The Kier molecular flexibility index (Phi) is 7.96. The third-order valence-corrected chi connectivity index (χ3v) is 6.58. The van der Waals surface area contributed by atoms with Crippen molar-refractivity contribution in [1.29, 1.82) is 0 Å². The van der Waals surface area contributed by atoms with Crippen LogP contribution in [0.1, 0.15) is 36.1 Å². The molecule has 0 spiro atoms. The van der Waals surface area contributed by atoms with Crippen LogP contribution in [0.15, 0.2) is 53.3 Å². The molecule has 2 N–H and O–H groups in total. The number of aryl methyl sites for hydroxylation is 1. The average molecular weight is 507 g/mol. The topological polar surface area (TPSA) is 85.9 Å². The lowest BCUT2D eigenvalue weighted by Crippen LogP contribution is -2.26. The summed E-state index contributed by atoms with van der Waals surface area (Å²) in [6.45, 7) is 1.84. The Labute approximate surface area is 215 Å². The van der Waals surface area contributed by atoms with Gasteiger partial charge in [0.05, 0.1) is 33.1 Å². The highest BCUT2D eigenvalue weighted by molar-refractivity contribution is 5.83. The van der Waals surface area contributed by atoms with Gasteiger partial charge in [0.15, 0.2) is 11.5 Å². The van der Waals surface area contributed by atoms with Crippen LogP contribution in [0, 0.1) is 5.82 Å². The van der Waals surface area contributed by atoms with Crippen molar-refractivity contribution in [2.24, 2.45) is 0 Å². The average Bonchev–Trinajstić information content (AvgIpc) is 3.12. The van der Waals surface area contributed by atoms with E-state index in [2.05, 4.69) is 10.6 Å². The van der Waals surface area contributed by atoms with Crippen LogP contribution in [-0.4, -0.2) is 33.8 Å². The Balaban J connectivity index is 1.83. The van der Waals surface area contributed by atoms with E-state index in [1.807, 2.05) is 12.1 Å². The van der Waals surface area contributed by atoms with Gasteiger partial charge in [-0.2, -0.15) is 0 Å². The standard InChI is InChI=1S/C29H31FN2O5/c1-17(33)32-23-11-9-19-15-26(35-2)28(36-3)29(37-4)27(19)20-10-12-24(25(34)16-21(20)23)31-14-13-18-7-5-6-8-22(18)30/h5-8,10,12,15-16,23H,9,11,13-14H2,1-4H3,(H,31,34)(H,32,33). The molecule has 1 amide bonds. The van der Waals surface area contributed by atoms with Gasteiger partial charge >= 0.3 is 0 Å². The fourth-order valence-corrected chi connectivity index (χ4v) is 4.89. The van der Waals surface area contributed by atoms with Gasteiger partial charge in [0.2, 0.25) is 17.1 Å². The third-order valence-electron chi connectivity index (χ3n) is 6.58. The number of amides is 1. The van der Waals surface area contributed by atoms with Gasteiger partial charge in [-0.3, -0.25) is 9.59 Å². The molecule has 1 aliphatic carbocycles. The van der Waals surface area contributed by atoms with Crippen molar-refractivity contribution in [2.45, 2.75) is 32.2 Å². The van der Waals surface area contributed by atoms with Gasteiger partial charge in [-0.1, -0.05) is 24.3 Å². The maximum Gasteiger partial charge on any atom is 0.217 e. The van der Waals surface area contributed by atoms with E-state index in [-0.39, 0.29) is 23.2 Å². The van der Waals surface area contributed by atoms with E-state index in [1.165, 1.54) is 13.0 Å². The zero-order valence-electron chi connectivity index (χ0n) is 21.4. The summed E-state index contributed by atoms with van der Waals surface area (Å²) < 4.78 is 31.0. The van der Waals surface area contributed by atoms with Gasteiger partial charge in [0, 0.05) is 19.0 Å². The molecule has 7 nitrogen and oxygen atoms in total. The molecule has 0 heterocycles. The molecule has 0 bridgehead atoms. The first-order valence-electron chi connectivity index (χ1n) is 12.1. The summed E-state index contributed by atoms with van der Waals surface area (Å²) in [5, 5.41) is 6.15. The molecule has 1 atom stereocenters. The first kappa shape index (κ1) is 26.0. The second kappa shape index (κ2) is 11.3. The zero-order valence-corrected chi connectivity index (χ0v) is 21.4. The van der Waals surface area contributed by atoms with E-state index < -0.39 is 0 Å². The molecule has 0 saturated heterocycles. The maximum absolute atomic E-state index is 14.0. The van der Waals surface area contributed by atoms with Gasteiger partial charge in [0.1, 0.15) is 5.82 Å². The van der Waals surface area contributed by atoms with Crippen molar-refractivity contribution >= 4 is 11.6 Å². The van der Waals surface area contributed by atoms with Crippen LogP contribution in [0.4, 0.5) is 10.1 Å².